The first kappa shape index (κ1) is 20.6. The minimum absolute atomic E-state index is 0.0883. The Morgan fingerprint density at radius 2 is 1.37 bits per heavy atom. The van der Waals surface area contributed by atoms with Crippen LogP contribution >= 0.6 is 0 Å². The highest BCUT2D eigenvalue weighted by Gasteiger charge is 2.09. The Hall–Kier alpha value is -2.66. The highest BCUT2D eigenvalue weighted by molar-refractivity contribution is 6.04. The van der Waals surface area contributed by atoms with Gasteiger partial charge < -0.3 is 15.5 Å². The normalized spacial score (nSPS) is 10.7. The molecule has 144 valence electrons. The van der Waals surface area contributed by atoms with Crippen LogP contribution in [0.4, 0.5) is 5.69 Å². The number of aryl methyl sites for hydroxylation is 1. The van der Waals surface area contributed by atoms with Crippen molar-refractivity contribution in [1.82, 2.24) is 5.32 Å². The fourth-order valence-corrected chi connectivity index (χ4v) is 2.86. The van der Waals surface area contributed by atoms with Gasteiger partial charge in [0.15, 0.2) is 0 Å². The molecule has 0 saturated heterocycles. The van der Waals surface area contributed by atoms with Crippen molar-refractivity contribution < 1.29 is 14.5 Å². The van der Waals surface area contributed by atoms with E-state index in [0.29, 0.717) is 23.4 Å². The number of amides is 2. The Morgan fingerprint density at radius 1 is 0.815 bits per heavy atom. The summed E-state index contributed by atoms with van der Waals surface area (Å²) in [7, 11) is 0. The summed E-state index contributed by atoms with van der Waals surface area (Å²) >= 11 is 0. The summed E-state index contributed by atoms with van der Waals surface area (Å²) in [6, 6.07) is 14.5. The van der Waals surface area contributed by atoms with Crippen molar-refractivity contribution in [2.45, 2.75) is 27.2 Å². The van der Waals surface area contributed by atoms with Crippen LogP contribution in [0.15, 0.2) is 48.5 Å². The first-order valence-corrected chi connectivity index (χ1v) is 9.69. The topological polar surface area (TPSA) is 62.6 Å². The lowest BCUT2D eigenvalue weighted by atomic mass is 10.1. The van der Waals surface area contributed by atoms with Crippen molar-refractivity contribution in [3.8, 4) is 0 Å². The van der Waals surface area contributed by atoms with Crippen molar-refractivity contribution in [3.05, 3.63) is 65.2 Å². The van der Waals surface area contributed by atoms with Gasteiger partial charge in [0, 0.05) is 16.8 Å². The van der Waals surface area contributed by atoms with Crippen molar-refractivity contribution in [2.24, 2.45) is 0 Å². The maximum atomic E-state index is 12.3. The molecule has 2 aromatic rings. The van der Waals surface area contributed by atoms with E-state index in [2.05, 4.69) is 31.4 Å². The number of carbonyl (C=O) groups excluding carboxylic acids is 2. The lowest BCUT2D eigenvalue weighted by Crippen LogP contribution is -3.12. The van der Waals surface area contributed by atoms with Crippen molar-refractivity contribution >= 4 is 17.5 Å². The molecular formula is C22H30N3O2+. The lowest BCUT2D eigenvalue weighted by Gasteiger charge is -2.15. The lowest BCUT2D eigenvalue weighted by molar-refractivity contribution is -0.895. The van der Waals surface area contributed by atoms with Gasteiger partial charge in [-0.1, -0.05) is 19.1 Å². The Balaban J connectivity index is 1.88. The van der Waals surface area contributed by atoms with E-state index in [9.17, 15) is 9.59 Å². The largest absolute Gasteiger partial charge is 0.346 e. The second kappa shape index (κ2) is 10.5. The number of nitrogens with one attached hydrogen (secondary N) is 3. The molecule has 0 aromatic heterocycles. The standard InChI is InChI=1S/C22H29N3O2/c1-4-17-7-9-19(10-8-17)22(27)24-20-13-11-18(12-14-20)21(26)23-15-16-25(5-2)6-3/h7-14H,4-6,15-16H2,1-3H3,(H,23,26)(H,24,27)/p+1. The molecule has 0 aliphatic heterocycles. The van der Waals surface area contributed by atoms with Gasteiger partial charge in [-0.15, -0.1) is 0 Å². The molecule has 0 aliphatic rings. The number of carbonyl (C=O) groups is 2. The highest BCUT2D eigenvalue weighted by atomic mass is 16.2. The van der Waals surface area contributed by atoms with Crippen LogP contribution < -0.4 is 15.5 Å². The van der Waals surface area contributed by atoms with E-state index in [4.69, 9.17) is 0 Å². The fraction of sp³-hybridized carbons (Fsp3) is 0.364. The summed E-state index contributed by atoms with van der Waals surface area (Å²) < 4.78 is 0. The minimum Gasteiger partial charge on any atom is -0.346 e. The van der Waals surface area contributed by atoms with Crippen LogP contribution in [-0.2, 0) is 6.42 Å². The molecule has 0 spiro atoms. The number of anilines is 1. The van der Waals surface area contributed by atoms with Crippen LogP contribution in [0.25, 0.3) is 0 Å². The number of hydrogen-bond acceptors (Lipinski definition) is 2. The Morgan fingerprint density at radius 3 is 1.93 bits per heavy atom. The average Bonchev–Trinajstić information content (AvgIpc) is 2.71. The van der Waals surface area contributed by atoms with Gasteiger partial charge in [-0.3, -0.25) is 9.59 Å². The summed E-state index contributed by atoms with van der Waals surface area (Å²) in [4.78, 5) is 26.0. The molecule has 0 bridgehead atoms. The van der Waals surface area contributed by atoms with Gasteiger partial charge in [0.1, 0.15) is 0 Å². The monoisotopic (exact) mass is 368 g/mol. The molecule has 0 saturated carbocycles. The van der Waals surface area contributed by atoms with Crippen LogP contribution in [-0.4, -0.2) is 38.0 Å². The van der Waals surface area contributed by atoms with Gasteiger partial charge >= 0.3 is 0 Å². The number of rotatable bonds is 9. The summed E-state index contributed by atoms with van der Waals surface area (Å²) in [5.41, 5.74) is 3.08. The van der Waals surface area contributed by atoms with Crippen LogP contribution in [0.3, 0.4) is 0 Å². The van der Waals surface area contributed by atoms with E-state index in [1.54, 1.807) is 24.3 Å². The second-order valence-electron chi connectivity index (χ2n) is 6.54. The van der Waals surface area contributed by atoms with Gasteiger partial charge in [-0.05, 0) is 62.2 Å². The van der Waals surface area contributed by atoms with E-state index in [0.717, 1.165) is 26.1 Å². The molecule has 2 amide bonds. The molecule has 5 nitrogen and oxygen atoms in total. The van der Waals surface area contributed by atoms with Gasteiger partial charge in [-0.25, -0.2) is 0 Å². The van der Waals surface area contributed by atoms with Gasteiger partial charge in [0.2, 0.25) is 0 Å². The predicted molar refractivity (Wildman–Crippen MR) is 109 cm³/mol. The molecule has 0 radical (unpaired) electrons. The zero-order chi connectivity index (χ0) is 19.6. The first-order valence-electron chi connectivity index (χ1n) is 9.69. The van der Waals surface area contributed by atoms with E-state index in [1.165, 1.54) is 10.5 Å². The SMILES string of the molecule is CCc1ccc(C(=O)Nc2ccc(C(=O)NCC[NH+](CC)CC)cc2)cc1. The third-order valence-corrected chi connectivity index (χ3v) is 4.79. The first-order chi connectivity index (χ1) is 13.1. The second-order valence-corrected chi connectivity index (χ2v) is 6.54. The van der Waals surface area contributed by atoms with Crippen molar-refractivity contribution in [1.29, 1.82) is 0 Å². The number of benzene rings is 2. The zero-order valence-electron chi connectivity index (χ0n) is 16.5. The minimum atomic E-state index is -0.156. The number of likely N-dealkylation sites (N-methyl/N-ethyl adjacent to an activating group) is 1. The van der Waals surface area contributed by atoms with E-state index in [1.807, 2.05) is 24.3 Å². The zero-order valence-corrected chi connectivity index (χ0v) is 16.5. The molecule has 0 aliphatic carbocycles. The van der Waals surface area contributed by atoms with Gasteiger partial charge in [0.05, 0.1) is 26.2 Å². The molecular weight excluding hydrogens is 338 g/mol. The van der Waals surface area contributed by atoms with Crippen LogP contribution in [0.2, 0.25) is 0 Å². The summed E-state index contributed by atoms with van der Waals surface area (Å²) in [5.74, 6) is -0.244. The highest BCUT2D eigenvalue weighted by Crippen LogP contribution is 2.12. The predicted octanol–water partition coefficient (Wildman–Crippen LogP) is 2.16. The third-order valence-electron chi connectivity index (χ3n) is 4.79. The smallest absolute Gasteiger partial charge is 0.255 e. The van der Waals surface area contributed by atoms with Crippen LogP contribution in [0.5, 0.6) is 0 Å². The Kier molecular flexibility index (Phi) is 8.01. The van der Waals surface area contributed by atoms with E-state index in [-0.39, 0.29) is 11.8 Å². The van der Waals surface area contributed by atoms with Crippen LogP contribution in [0, 0.1) is 0 Å². The molecule has 5 heteroatoms. The van der Waals surface area contributed by atoms with E-state index < -0.39 is 0 Å². The van der Waals surface area contributed by atoms with E-state index >= 15 is 0 Å². The van der Waals surface area contributed by atoms with Gasteiger partial charge in [-0.2, -0.15) is 0 Å². The molecule has 27 heavy (non-hydrogen) atoms. The summed E-state index contributed by atoms with van der Waals surface area (Å²) in [5, 5.41) is 5.81. The molecule has 0 atom stereocenters. The fourth-order valence-electron chi connectivity index (χ4n) is 2.86. The molecule has 0 heterocycles. The molecule has 0 unspecified atom stereocenters. The Labute approximate surface area is 161 Å². The maximum absolute atomic E-state index is 12.3. The van der Waals surface area contributed by atoms with Crippen LogP contribution in [0.1, 0.15) is 47.1 Å². The molecule has 2 aromatic carbocycles. The third kappa shape index (κ3) is 6.22. The maximum Gasteiger partial charge on any atom is 0.255 e. The molecule has 3 N–H and O–H groups in total. The number of quaternary nitrogens is 1. The molecule has 0 fully saturated rings. The van der Waals surface area contributed by atoms with Gasteiger partial charge in [0.25, 0.3) is 11.8 Å². The quantitative estimate of drug-likeness (QED) is 0.635. The number of hydrogen-bond donors (Lipinski definition) is 3. The van der Waals surface area contributed by atoms with Crippen molar-refractivity contribution in [3.63, 3.8) is 0 Å². The summed E-state index contributed by atoms with van der Waals surface area (Å²) in [6.07, 6.45) is 0.946. The molecule has 2 rings (SSSR count). The van der Waals surface area contributed by atoms with Crippen molar-refractivity contribution in [2.75, 3.05) is 31.5 Å². The summed E-state index contributed by atoms with van der Waals surface area (Å²) in [6.45, 7) is 10.1. The average molecular weight is 369 g/mol. The Bertz CT molecular complexity index is 735.